The highest BCUT2D eigenvalue weighted by atomic mass is 31.2. The largest absolute Gasteiger partial charge is 0.475 e. The number of hydrogen-bond donors (Lipinski definition) is 1. The molecule has 2 aliphatic heterocycles. The molecule has 3 heterocycles. The molecule has 0 aromatic carbocycles. The second-order valence-corrected chi connectivity index (χ2v) is 7.46. The molecule has 0 radical (unpaired) electrons. The van der Waals surface area contributed by atoms with Gasteiger partial charge in [0, 0.05) is 18.2 Å². The van der Waals surface area contributed by atoms with Gasteiger partial charge in [-0.1, -0.05) is 0 Å². The molecule has 1 aromatic heterocycles. The Morgan fingerprint density at radius 2 is 2.13 bits per heavy atom. The topological polar surface area (TPSA) is 109 Å². The van der Waals surface area contributed by atoms with E-state index in [2.05, 4.69) is 4.98 Å². The van der Waals surface area contributed by atoms with Crippen molar-refractivity contribution >= 4 is 7.82 Å². The Morgan fingerprint density at radius 1 is 1.39 bits per heavy atom. The fourth-order valence-electron chi connectivity index (χ4n) is 2.61. The number of nitrogens with one attached hydrogen (secondary N) is 1. The van der Waals surface area contributed by atoms with Crippen LogP contribution in [0, 0.1) is 6.92 Å². The third-order valence-corrected chi connectivity index (χ3v) is 5.31. The van der Waals surface area contributed by atoms with Crippen molar-refractivity contribution in [1.29, 1.82) is 0 Å². The Kier molecular flexibility index (Phi) is 4.33. The number of aryl methyl sites for hydroxylation is 1. The first-order valence-electron chi connectivity index (χ1n) is 7.36. The number of ether oxygens (including phenoxy) is 1. The van der Waals surface area contributed by atoms with E-state index in [0.717, 1.165) is 0 Å². The molecule has 0 amide bonds. The molecule has 1 aromatic rings. The molecule has 0 bridgehead atoms. The zero-order chi connectivity index (χ0) is 16.8. The van der Waals surface area contributed by atoms with E-state index in [4.69, 9.17) is 18.3 Å². The van der Waals surface area contributed by atoms with Crippen LogP contribution in [0.2, 0.25) is 0 Å². The Morgan fingerprint density at radius 3 is 2.83 bits per heavy atom. The first-order chi connectivity index (χ1) is 10.8. The third-order valence-electron chi connectivity index (χ3n) is 3.64. The lowest BCUT2D eigenvalue weighted by Crippen LogP contribution is -2.34. The standard InChI is InChI=1S/C13H19N2O7P/c1-7(2)21-23(18)19-6-10-9(22-23)4-11(20-10)15-5-8(3)12(16)14-13(15)17/h5,7,9-11H,4,6H2,1-3H3,(H,14,16,17)/t9-,10+,11+,23+/m0/s1. The fourth-order valence-corrected chi connectivity index (χ4v) is 4.18. The zero-order valence-electron chi connectivity index (χ0n) is 13.1. The Bertz CT molecular complexity index is 755. The fraction of sp³-hybridized carbons (Fsp3) is 0.692. The van der Waals surface area contributed by atoms with Gasteiger partial charge in [-0.2, -0.15) is 0 Å². The number of fused-ring (bicyclic) bond motifs is 1. The van der Waals surface area contributed by atoms with E-state index in [1.807, 2.05) is 0 Å². The van der Waals surface area contributed by atoms with Gasteiger partial charge in [0.05, 0.1) is 12.7 Å². The van der Waals surface area contributed by atoms with Crippen molar-refractivity contribution in [1.82, 2.24) is 9.55 Å². The van der Waals surface area contributed by atoms with Crippen LogP contribution in [0.1, 0.15) is 32.1 Å². The van der Waals surface area contributed by atoms with Crippen LogP contribution in [0.3, 0.4) is 0 Å². The van der Waals surface area contributed by atoms with Crippen LogP contribution in [0.15, 0.2) is 15.8 Å². The highest BCUT2D eigenvalue weighted by Crippen LogP contribution is 2.57. The minimum Gasteiger partial charge on any atom is -0.349 e. The van der Waals surface area contributed by atoms with E-state index in [0.29, 0.717) is 12.0 Å². The highest BCUT2D eigenvalue weighted by molar-refractivity contribution is 7.48. The predicted molar refractivity (Wildman–Crippen MR) is 79.2 cm³/mol. The van der Waals surface area contributed by atoms with Gasteiger partial charge in [0.25, 0.3) is 5.56 Å². The molecule has 4 atom stereocenters. The summed E-state index contributed by atoms with van der Waals surface area (Å²) in [5, 5.41) is 0. The highest BCUT2D eigenvalue weighted by Gasteiger charge is 2.48. The van der Waals surface area contributed by atoms with Gasteiger partial charge in [-0.3, -0.25) is 27.9 Å². The number of H-pyrrole nitrogens is 1. The van der Waals surface area contributed by atoms with Gasteiger partial charge in [0.1, 0.15) is 18.4 Å². The van der Waals surface area contributed by atoms with Crippen molar-refractivity contribution in [3.8, 4) is 0 Å². The Labute approximate surface area is 132 Å². The molecule has 0 unspecified atom stereocenters. The average molecular weight is 346 g/mol. The van der Waals surface area contributed by atoms with Crippen LogP contribution in [0.5, 0.6) is 0 Å². The zero-order valence-corrected chi connectivity index (χ0v) is 13.9. The van der Waals surface area contributed by atoms with E-state index in [9.17, 15) is 14.2 Å². The van der Waals surface area contributed by atoms with Gasteiger partial charge < -0.3 is 4.74 Å². The molecule has 0 spiro atoms. The van der Waals surface area contributed by atoms with Crippen molar-refractivity contribution in [2.75, 3.05) is 6.61 Å². The lowest BCUT2D eigenvalue weighted by molar-refractivity contribution is -0.0749. The number of nitrogens with zero attached hydrogens (tertiary/aromatic N) is 1. The molecule has 10 heteroatoms. The Balaban J connectivity index is 1.79. The van der Waals surface area contributed by atoms with Crippen molar-refractivity contribution < 1.29 is 22.9 Å². The van der Waals surface area contributed by atoms with E-state index < -0.39 is 37.5 Å². The first kappa shape index (κ1) is 16.6. The van der Waals surface area contributed by atoms with E-state index in [-0.39, 0.29) is 12.7 Å². The summed E-state index contributed by atoms with van der Waals surface area (Å²) in [6.45, 7) is 5.12. The molecule has 9 nitrogen and oxygen atoms in total. The molecule has 2 saturated heterocycles. The van der Waals surface area contributed by atoms with Crippen LogP contribution in [0.25, 0.3) is 0 Å². The molecule has 23 heavy (non-hydrogen) atoms. The van der Waals surface area contributed by atoms with Crippen LogP contribution in [-0.4, -0.2) is 34.5 Å². The predicted octanol–water partition coefficient (Wildman–Crippen LogP) is 1.08. The minimum absolute atomic E-state index is 0.0578. The molecule has 0 saturated carbocycles. The van der Waals surface area contributed by atoms with Gasteiger partial charge in [0.2, 0.25) is 0 Å². The maximum absolute atomic E-state index is 12.4. The molecule has 1 N–H and O–H groups in total. The summed E-state index contributed by atoms with van der Waals surface area (Å²) in [6, 6.07) is 0. The quantitative estimate of drug-likeness (QED) is 0.816. The second kappa shape index (κ2) is 5.99. The summed E-state index contributed by atoms with van der Waals surface area (Å²) in [7, 11) is -3.61. The van der Waals surface area contributed by atoms with Gasteiger partial charge in [-0.05, 0) is 20.8 Å². The second-order valence-electron chi connectivity index (χ2n) is 5.88. The summed E-state index contributed by atoms with van der Waals surface area (Å²) in [6.07, 6.45) is -0.129. The number of phosphoric ester groups is 1. The summed E-state index contributed by atoms with van der Waals surface area (Å²) in [5.41, 5.74) is -0.600. The number of hydrogen-bond acceptors (Lipinski definition) is 7. The minimum atomic E-state index is -3.61. The number of phosphoric acid groups is 1. The van der Waals surface area contributed by atoms with Crippen LogP contribution >= 0.6 is 7.82 Å². The number of aromatic amines is 1. The summed E-state index contributed by atoms with van der Waals surface area (Å²) in [4.78, 5) is 25.6. The summed E-state index contributed by atoms with van der Waals surface area (Å²) >= 11 is 0. The Hall–Kier alpha value is -1.25. The van der Waals surface area contributed by atoms with Crippen molar-refractivity contribution in [3.05, 3.63) is 32.6 Å². The van der Waals surface area contributed by atoms with Crippen LogP contribution in [0.4, 0.5) is 0 Å². The van der Waals surface area contributed by atoms with Gasteiger partial charge in [-0.15, -0.1) is 0 Å². The van der Waals surface area contributed by atoms with Crippen molar-refractivity contribution in [2.45, 2.75) is 51.7 Å². The maximum atomic E-state index is 12.4. The molecule has 2 aliphatic rings. The maximum Gasteiger partial charge on any atom is 0.475 e. The van der Waals surface area contributed by atoms with Gasteiger partial charge in [-0.25, -0.2) is 9.36 Å². The van der Waals surface area contributed by atoms with Crippen molar-refractivity contribution in [2.24, 2.45) is 0 Å². The van der Waals surface area contributed by atoms with Gasteiger partial charge in [0.15, 0.2) is 0 Å². The van der Waals surface area contributed by atoms with E-state index in [1.54, 1.807) is 20.8 Å². The molecule has 128 valence electrons. The number of aromatic nitrogens is 2. The van der Waals surface area contributed by atoms with Crippen molar-refractivity contribution in [3.63, 3.8) is 0 Å². The smallest absolute Gasteiger partial charge is 0.349 e. The van der Waals surface area contributed by atoms with E-state index >= 15 is 0 Å². The molecular weight excluding hydrogens is 327 g/mol. The van der Waals surface area contributed by atoms with Gasteiger partial charge >= 0.3 is 13.5 Å². The molecule has 2 fully saturated rings. The summed E-state index contributed by atoms with van der Waals surface area (Å²) in [5.74, 6) is 0. The van der Waals surface area contributed by atoms with Crippen LogP contribution in [-0.2, 0) is 22.9 Å². The third kappa shape index (κ3) is 3.34. The van der Waals surface area contributed by atoms with Crippen LogP contribution < -0.4 is 11.2 Å². The lowest BCUT2D eigenvalue weighted by atomic mass is 10.2. The SMILES string of the molecule is Cc1cn([C@H]2C[C@@H]3O[P@@](=O)(OC(C)C)OC[C@H]3O2)c(=O)[nH]c1=O. The first-order valence-corrected chi connectivity index (χ1v) is 8.82. The number of rotatable bonds is 3. The lowest BCUT2D eigenvalue weighted by Gasteiger charge is -2.30. The summed E-state index contributed by atoms with van der Waals surface area (Å²) < 4.78 is 35.3. The monoisotopic (exact) mass is 346 g/mol. The van der Waals surface area contributed by atoms with E-state index in [1.165, 1.54) is 10.8 Å². The normalized spacial score (nSPS) is 33.8. The molecule has 3 rings (SSSR count). The average Bonchev–Trinajstić information content (AvgIpc) is 2.83. The molecular formula is C13H19N2O7P. The molecule has 0 aliphatic carbocycles.